The lowest BCUT2D eigenvalue weighted by Gasteiger charge is -2.18. The van der Waals surface area contributed by atoms with Crippen molar-refractivity contribution in [3.63, 3.8) is 0 Å². The van der Waals surface area contributed by atoms with Crippen LogP contribution in [0.25, 0.3) is 0 Å². The first kappa shape index (κ1) is 70.5. The van der Waals surface area contributed by atoms with Crippen LogP contribution in [0.4, 0.5) is 0 Å². The monoisotopic (exact) mass is 1040 g/mol. The minimum Gasteiger partial charge on any atom is -0.462 e. The molecule has 0 spiro atoms. The molecule has 0 N–H and O–H groups in total. The molecule has 0 fully saturated rings. The second-order valence-electron chi connectivity index (χ2n) is 19.9. The van der Waals surface area contributed by atoms with Crippen molar-refractivity contribution in [3.05, 3.63) is 134 Å². The Morgan fingerprint density at radius 2 is 0.533 bits per heavy atom. The Bertz CT molecular complexity index is 1620. The van der Waals surface area contributed by atoms with Gasteiger partial charge in [-0.3, -0.25) is 14.4 Å². The molecule has 0 saturated heterocycles. The van der Waals surface area contributed by atoms with Crippen LogP contribution >= 0.6 is 0 Å². The highest BCUT2D eigenvalue weighted by atomic mass is 16.6. The van der Waals surface area contributed by atoms with Crippen molar-refractivity contribution in [2.75, 3.05) is 13.2 Å². The van der Waals surface area contributed by atoms with Gasteiger partial charge in [0.15, 0.2) is 6.10 Å². The largest absolute Gasteiger partial charge is 0.462 e. The second-order valence-corrected chi connectivity index (χ2v) is 19.9. The summed E-state index contributed by atoms with van der Waals surface area (Å²) >= 11 is 0. The minimum atomic E-state index is -0.802. The van der Waals surface area contributed by atoms with E-state index < -0.39 is 6.10 Å². The van der Waals surface area contributed by atoms with Crippen LogP contribution in [-0.2, 0) is 28.6 Å². The molecule has 0 aromatic carbocycles. The van der Waals surface area contributed by atoms with Crippen molar-refractivity contribution in [2.24, 2.45) is 0 Å². The molecule has 0 heterocycles. The number of carbonyl (C=O) groups is 3. The van der Waals surface area contributed by atoms with Gasteiger partial charge in [0.1, 0.15) is 13.2 Å². The second kappa shape index (κ2) is 62.1. The molecule has 0 saturated carbocycles. The van der Waals surface area contributed by atoms with E-state index in [1.54, 1.807) is 0 Å². The third-order valence-electron chi connectivity index (χ3n) is 12.6. The first-order valence-electron chi connectivity index (χ1n) is 30.7. The maximum atomic E-state index is 12.9. The van der Waals surface area contributed by atoms with E-state index in [0.717, 1.165) is 161 Å². The number of esters is 3. The molecule has 0 bridgehead atoms. The van der Waals surface area contributed by atoms with Gasteiger partial charge in [0.05, 0.1) is 0 Å². The van der Waals surface area contributed by atoms with E-state index in [4.69, 9.17) is 14.2 Å². The third-order valence-corrected chi connectivity index (χ3v) is 12.6. The SMILES string of the molecule is CC/C=C\C/C=C\C/C=C\C/C=C\C/C=C\C/C=C\C/C=C\CCCCCCCC(=O)OCC(COC(=O)CCCCCCC/C=C\CCCC)OC(=O)CCCCCCCC/C=C\C/C=C\C/C=C\CCCCC. The van der Waals surface area contributed by atoms with Gasteiger partial charge in [-0.15, -0.1) is 0 Å². The van der Waals surface area contributed by atoms with Gasteiger partial charge >= 0.3 is 17.9 Å². The Hall–Kier alpha value is -4.45. The van der Waals surface area contributed by atoms with Crippen LogP contribution in [0.15, 0.2) is 134 Å². The molecule has 1 atom stereocenters. The van der Waals surface area contributed by atoms with Crippen LogP contribution in [0.1, 0.15) is 265 Å². The molecule has 0 aromatic rings. The summed E-state index contributed by atoms with van der Waals surface area (Å²) < 4.78 is 16.8. The molecule has 75 heavy (non-hydrogen) atoms. The highest BCUT2D eigenvalue weighted by molar-refractivity contribution is 5.71. The van der Waals surface area contributed by atoms with E-state index in [0.29, 0.717) is 19.3 Å². The lowest BCUT2D eigenvalue weighted by molar-refractivity contribution is -0.167. The number of ether oxygens (including phenoxy) is 3. The van der Waals surface area contributed by atoms with E-state index in [2.05, 4.69) is 154 Å². The first-order chi connectivity index (χ1) is 37.0. The standard InChI is InChI=1S/C69H112O6/c1-4-7-10-13-16-19-22-24-26-28-30-31-32-33-34-35-36-37-39-40-42-44-47-50-53-56-59-62-68(71)74-65-66(64-73-67(70)61-58-55-52-49-46-21-18-15-12-9-6-3)75-69(72)63-60-57-54-51-48-45-43-41-38-29-27-25-23-20-17-14-11-8-5-2/h7,10,15-20,24-27,30-31,33-34,36-38,40-42,66H,4-6,8-9,11-14,21-23,28-29,32,35,39,43-65H2,1-3H3/b10-7-,18-15-,19-16-,20-17-,26-24-,27-25-,31-30-,34-33-,37-36-,41-38-,42-40-. The fraction of sp³-hybridized carbons (Fsp3) is 0.638. The molecule has 0 aliphatic rings. The quantitative estimate of drug-likeness (QED) is 0.0261. The van der Waals surface area contributed by atoms with Gasteiger partial charge in [-0.1, -0.05) is 244 Å². The number of hydrogen-bond donors (Lipinski definition) is 0. The molecule has 0 aromatic heterocycles. The highest BCUT2D eigenvalue weighted by Gasteiger charge is 2.19. The zero-order chi connectivity index (χ0) is 54.3. The lowest BCUT2D eigenvalue weighted by Crippen LogP contribution is -2.30. The Labute approximate surface area is 462 Å². The molecular formula is C69H112O6. The summed E-state index contributed by atoms with van der Waals surface area (Å²) in [6.07, 6.45) is 87.3. The summed E-state index contributed by atoms with van der Waals surface area (Å²) in [6.45, 7) is 6.42. The number of unbranched alkanes of at least 4 members (excludes halogenated alkanes) is 21. The van der Waals surface area contributed by atoms with Crippen molar-refractivity contribution >= 4 is 17.9 Å². The summed E-state index contributed by atoms with van der Waals surface area (Å²) in [5, 5.41) is 0. The summed E-state index contributed by atoms with van der Waals surface area (Å²) in [5.74, 6) is -0.941. The van der Waals surface area contributed by atoms with Crippen molar-refractivity contribution in [1.82, 2.24) is 0 Å². The average molecular weight is 1040 g/mol. The molecule has 6 heteroatoms. The van der Waals surface area contributed by atoms with Gasteiger partial charge in [-0.2, -0.15) is 0 Å². The Morgan fingerprint density at radius 3 is 0.867 bits per heavy atom. The number of carbonyl (C=O) groups excluding carboxylic acids is 3. The Morgan fingerprint density at radius 1 is 0.280 bits per heavy atom. The van der Waals surface area contributed by atoms with Crippen molar-refractivity contribution < 1.29 is 28.6 Å². The number of hydrogen-bond acceptors (Lipinski definition) is 6. The van der Waals surface area contributed by atoms with E-state index >= 15 is 0 Å². The summed E-state index contributed by atoms with van der Waals surface area (Å²) in [5.41, 5.74) is 0. The first-order valence-corrected chi connectivity index (χ1v) is 30.7. The maximum absolute atomic E-state index is 12.9. The minimum absolute atomic E-state index is 0.0979. The fourth-order valence-corrected chi connectivity index (χ4v) is 8.00. The normalized spacial score (nSPS) is 13.1. The zero-order valence-electron chi connectivity index (χ0n) is 48.5. The van der Waals surface area contributed by atoms with Crippen molar-refractivity contribution in [3.8, 4) is 0 Å². The smallest absolute Gasteiger partial charge is 0.306 e. The molecule has 0 amide bonds. The maximum Gasteiger partial charge on any atom is 0.306 e. The van der Waals surface area contributed by atoms with Gasteiger partial charge in [0, 0.05) is 19.3 Å². The van der Waals surface area contributed by atoms with Crippen molar-refractivity contribution in [2.45, 2.75) is 271 Å². The van der Waals surface area contributed by atoms with Gasteiger partial charge in [0.25, 0.3) is 0 Å². The third kappa shape index (κ3) is 60.3. The van der Waals surface area contributed by atoms with Gasteiger partial charge in [0.2, 0.25) is 0 Å². The molecule has 0 aliphatic carbocycles. The van der Waals surface area contributed by atoms with E-state index in [9.17, 15) is 14.4 Å². The number of allylic oxidation sites excluding steroid dienone is 22. The van der Waals surface area contributed by atoms with Gasteiger partial charge < -0.3 is 14.2 Å². The molecule has 0 rings (SSSR count). The molecule has 0 aliphatic heterocycles. The van der Waals surface area contributed by atoms with Gasteiger partial charge in [-0.25, -0.2) is 0 Å². The topological polar surface area (TPSA) is 78.9 Å². The van der Waals surface area contributed by atoms with E-state index in [-0.39, 0.29) is 31.1 Å². The number of rotatable bonds is 54. The van der Waals surface area contributed by atoms with E-state index in [1.807, 2.05) is 0 Å². The summed E-state index contributed by atoms with van der Waals surface area (Å²) in [4.78, 5) is 38.2. The summed E-state index contributed by atoms with van der Waals surface area (Å²) in [7, 11) is 0. The van der Waals surface area contributed by atoms with Gasteiger partial charge in [-0.05, 0) is 135 Å². The predicted octanol–water partition coefficient (Wildman–Crippen LogP) is 21.0. The molecule has 6 nitrogen and oxygen atoms in total. The van der Waals surface area contributed by atoms with Crippen molar-refractivity contribution in [1.29, 1.82) is 0 Å². The summed E-state index contributed by atoms with van der Waals surface area (Å²) in [6, 6.07) is 0. The molecule has 0 radical (unpaired) electrons. The highest BCUT2D eigenvalue weighted by Crippen LogP contribution is 2.14. The Balaban J connectivity index is 4.39. The van der Waals surface area contributed by atoms with Crippen LogP contribution < -0.4 is 0 Å². The van der Waals surface area contributed by atoms with Crippen LogP contribution in [0.3, 0.4) is 0 Å². The van der Waals surface area contributed by atoms with Crippen LogP contribution in [-0.4, -0.2) is 37.2 Å². The molecular weight excluding hydrogens is 925 g/mol. The van der Waals surface area contributed by atoms with Crippen LogP contribution in [0, 0.1) is 0 Å². The van der Waals surface area contributed by atoms with Crippen LogP contribution in [0.2, 0.25) is 0 Å². The van der Waals surface area contributed by atoms with E-state index in [1.165, 1.54) is 64.2 Å². The fourth-order valence-electron chi connectivity index (χ4n) is 8.00. The predicted molar refractivity (Wildman–Crippen MR) is 325 cm³/mol. The van der Waals surface area contributed by atoms with Crippen LogP contribution in [0.5, 0.6) is 0 Å². The molecule has 1 unspecified atom stereocenters. The average Bonchev–Trinajstić information content (AvgIpc) is 3.41. The Kier molecular flexibility index (Phi) is 58.4. The molecule has 424 valence electrons. The lowest BCUT2D eigenvalue weighted by atomic mass is 10.1. The zero-order valence-corrected chi connectivity index (χ0v) is 48.5.